The topological polar surface area (TPSA) is 24.9 Å². The van der Waals surface area contributed by atoms with Crippen LogP contribution in [0.25, 0.3) is 0 Å². The number of pyridine rings is 1. The smallest absolute Gasteiger partial charge is 0.0447 e. The zero-order valence-electron chi connectivity index (χ0n) is 11.0. The molecule has 0 radical (unpaired) electrons. The summed E-state index contributed by atoms with van der Waals surface area (Å²) in [4.78, 5) is 4.49. The summed E-state index contributed by atoms with van der Waals surface area (Å²) in [6, 6.07) is 6.81. The van der Waals surface area contributed by atoms with Crippen LogP contribution in [0.1, 0.15) is 51.1 Å². The van der Waals surface area contributed by atoms with Crippen molar-refractivity contribution in [2.24, 2.45) is 5.92 Å². The molecule has 1 aromatic heterocycles. The third-order valence-electron chi connectivity index (χ3n) is 4.04. The number of nitrogens with zero attached hydrogens (tertiary/aromatic N) is 1. The van der Waals surface area contributed by atoms with Crippen molar-refractivity contribution in [3.8, 4) is 0 Å². The lowest BCUT2D eigenvalue weighted by molar-refractivity contribution is 0.247. The fraction of sp³-hybridized carbons (Fsp3) is 0.667. The lowest BCUT2D eigenvalue weighted by atomic mass is 9.78. The van der Waals surface area contributed by atoms with Crippen molar-refractivity contribution < 1.29 is 0 Å². The molecule has 17 heavy (non-hydrogen) atoms. The average Bonchev–Trinajstić information content (AvgIpc) is 2.32. The summed E-state index contributed by atoms with van der Waals surface area (Å²) in [6.45, 7) is 5.54. The van der Waals surface area contributed by atoms with E-state index in [1.165, 1.54) is 31.4 Å². The first kappa shape index (κ1) is 12.6. The van der Waals surface area contributed by atoms with Crippen molar-refractivity contribution in [1.29, 1.82) is 0 Å². The van der Waals surface area contributed by atoms with Gasteiger partial charge in [0, 0.05) is 23.9 Å². The molecule has 0 spiro atoms. The third kappa shape index (κ3) is 3.29. The fourth-order valence-corrected chi connectivity index (χ4v) is 2.67. The Morgan fingerprint density at radius 1 is 1.41 bits per heavy atom. The summed E-state index contributed by atoms with van der Waals surface area (Å²) in [7, 11) is 0. The molecule has 2 nitrogen and oxygen atoms in total. The highest BCUT2D eigenvalue weighted by molar-refractivity contribution is 5.11. The van der Waals surface area contributed by atoms with Gasteiger partial charge in [-0.3, -0.25) is 4.98 Å². The molecule has 2 unspecified atom stereocenters. The van der Waals surface area contributed by atoms with Gasteiger partial charge in [0.15, 0.2) is 0 Å². The van der Waals surface area contributed by atoms with Gasteiger partial charge in [0.25, 0.3) is 0 Å². The zero-order chi connectivity index (χ0) is 12.1. The van der Waals surface area contributed by atoms with Crippen molar-refractivity contribution in [2.75, 3.05) is 6.54 Å². The standard InChI is InChI=1S/C15H24N2/c1-3-16-15(11-13-7-6-8-13)12(2)14-9-4-5-10-17-14/h4-5,9-10,12-13,15-16H,3,6-8,11H2,1-2H3. The van der Waals surface area contributed by atoms with Gasteiger partial charge >= 0.3 is 0 Å². The SMILES string of the molecule is CCNC(CC1CCC1)C(C)c1ccccn1. The van der Waals surface area contributed by atoms with Gasteiger partial charge in [-0.25, -0.2) is 0 Å². The summed E-state index contributed by atoms with van der Waals surface area (Å²) in [6.07, 6.45) is 7.50. The Kier molecular flexibility index (Phi) is 4.55. The lowest BCUT2D eigenvalue weighted by Gasteiger charge is -2.33. The van der Waals surface area contributed by atoms with Crippen LogP contribution in [0.2, 0.25) is 0 Å². The van der Waals surface area contributed by atoms with E-state index in [1.807, 2.05) is 12.3 Å². The van der Waals surface area contributed by atoms with Crippen LogP contribution in [-0.2, 0) is 0 Å². The van der Waals surface area contributed by atoms with E-state index in [9.17, 15) is 0 Å². The monoisotopic (exact) mass is 232 g/mol. The molecule has 1 saturated carbocycles. The molecule has 2 atom stereocenters. The van der Waals surface area contributed by atoms with E-state index in [4.69, 9.17) is 0 Å². The van der Waals surface area contributed by atoms with Crippen LogP contribution in [0.3, 0.4) is 0 Å². The van der Waals surface area contributed by atoms with E-state index in [1.54, 1.807) is 0 Å². The number of nitrogens with one attached hydrogen (secondary N) is 1. The second-order valence-corrected chi connectivity index (χ2v) is 5.24. The molecule has 0 saturated heterocycles. The van der Waals surface area contributed by atoms with Gasteiger partial charge in [-0.15, -0.1) is 0 Å². The molecule has 1 aliphatic rings. The van der Waals surface area contributed by atoms with Crippen LogP contribution in [0.5, 0.6) is 0 Å². The van der Waals surface area contributed by atoms with Gasteiger partial charge in [-0.2, -0.15) is 0 Å². The van der Waals surface area contributed by atoms with Crippen LogP contribution in [0, 0.1) is 5.92 Å². The Morgan fingerprint density at radius 3 is 2.76 bits per heavy atom. The summed E-state index contributed by atoms with van der Waals surface area (Å²) < 4.78 is 0. The van der Waals surface area contributed by atoms with Crippen LogP contribution in [0.15, 0.2) is 24.4 Å². The lowest BCUT2D eigenvalue weighted by Crippen LogP contribution is -2.37. The highest BCUT2D eigenvalue weighted by Crippen LogP contribution is 2.33. The minimum Gasteiger partial charge on any atom is -0.314 e. The van der Waals surface area contributed by atoms with E-state index in [0.717, 1.165) is 12.5 Å². The first-order valence-corrected chi connectivity index (χ1v) is 6.95. The normalized spacial score (nSPS) is 19.6. The molecule has 0 bridgehead atoms. The predicted molar refractivity (Wildman–Crippen MR) is 72.1 cm³/mol. The van der Waals surface area contributed by atoms with Crippen molar-refractivity contribution in [3.63, 3.8) is 0 Å². The number of hydrogen-bond donors (Lipinski definition) is 1. The molecule has 1 heterocycles. The molecule has 0 aromatic carbocycles. The first-order chi connectivity index (χ1) is 8.31. The summed E-state index contributed by atoms with van der Waals surface area (Å²) in [5, 5.41) is 3.64. The zero-order valence-corrected chi connectivity index (χ0v) is 11.0. The van der Waals surface area contributed by atoms with Gasteiger partial charge in [0.2, 0.25) is 0 Å². The van der Waals surface area contributed by atoms with Gasteiger partial charge in [0.1, 0.15) is 0 Å². The second-order valence-electron chi connectivity index (χ2n) is 5.24. The van der Waals surface area contributed by atoms with Crippen LogP contribution < -0.4 is 5.32 Å². The van der Waals surface area contributed by atoms with E-state index in [0.29, 0.717) is 12.0 Å². The Hall–Kier alpha value is -0.890. The highest BCUT2D eigenvalue weighted by Gasteiger charge is 2.26. The van der Waals surface area contributed by atoms with Gasteiger partial charge in [-0.1, -0.05) is 39.2 Å². The van der Waals surface area contributed by atoms with Crippen molar-refractivity contribution >= 4 is 0 Å². The third-order valence-corrected chi connectivity index (χ3v) is 4.04. The van der Waals surface area contributed by atoms with Crippen LogP contribution >= 0.6 is 0 Å². The van der Waals surface area contributed by atoms with Crippen LogP contribution in [-0.4, -0.2) is 17.6 Å². The van der Waals surface area contributed by atoms with E-state index in [-0.39, 0.29) is 0 Å². The van der Waals surface area contributed by atoms with Gasteiger partial charge in [-0.05, 0) is 31.0 Å². The Bertz CT molecular complexity index is 319. The maximum absolute atomic E-state index is 4.49. The summed E-state index contributed by atoms with van der Waals surface area (Å²) >= 11 is 0. The largest absolute Gasteiger partial charge is 0.314 e. The second kappa shape index (κ2) is 6.15. The molecule has 94 valence electrons. The molecule has 1 aromatic rings. The highest BCUT2D eigenvalue weighted by atomic mass is 14.9. The Morgan fingerprint density at radius 2 is 2.24 bits per heavy atom. The maximum atomic E-state index is 4.49. The van der Waals surface area contributed by atoms with Crippen molar-refractivity contribution in [1.82, 2.24) is 10.3 Å². The van der Waals surface area contributed by atoms with Crippen LogP contribution in [0.4, 0.5) is 0 Å². The van der Waals surface area contributed by atoms with Crippen molar-refractivity contribution in [2.45, 2.75) is 51.5 Å². The maximum Gasteiger partial charge on any atom is 0.0447 e. The number of rotatable bonds is 6. The molecule has 1 aliphatic carbocycles. The molecule has 2 rings (SSSR count). The molecular formula is C15H24N2. The minimum atomic E-state index is 0.511. The molecule has 0 aliphatic heterocycles. The molecule has 1 fully saturated rings. The average molecular weight is 232 g/mol. The van der Waals surface area contributed by atoms with Crippen molar-refractivity contribution in [3.05, 3.63) is 30.1 Å². The number of likely N-dealkylation sites (N-methyl/N-ethyl adjacent to an activating group) is 1. The predicted octanol–water partition coefficient (Wildman–Crippen LogP) is 3.35. The van der Waals surface area contributed by atoms with Gasteiger partial charge < -0.3 is 5.32 Å². The van der Waals surface area contributed by atoms with E-state index >= 15 is 0 Å². The molecular weight excluding hydrogens is 208 g/mol. The number of aromatic nitrogens is 1. The minimum absolute atomic E-state index is 0.511. The first-order valence-electron chi connectivity index (χ1n) is 6.95. The Balaban J connectivity index is 1.98. The molecule has 0 amide bonds. The van der Waals surface area contributed by atoms with E-state index < -0.39 is 0 Å². The Labute approximate surface area is 105 Å². The summed E-state index contributed by atoms with van der Waals surface area (Å²) in [5.41, 5.74) is 1.22. The quantitative estimate of drug-likeness (QED) is 0.813. The van der Waals surface area contributed by atoms with E-state index in [2.05, 4.69) is 36.3 Å². The summed E-state index contributed by atoms with van der Waals surface area (Å²) in [5.74, 6) is 1.46. The number of hydrogen-bond acceptors (Lipinski definition) is 2. The fourth-order valence-electron chi connectivity index (χ4n) is 2.67. The molecule has 1 N–H and O–H groups in total. The molecule has 2 heteroatoms. The van der Waals surface area contributed by atoms with Gasteiger partial charge in [0.05, 0.1) is 0 Å².